The summed E-state index contributed by atoms with van der Waals surface area (Å²) in [6, 6.07) is 14.3. The molecule has 0 spiro atoms. The molecule has 1 amide bonds. The molecule has 8 heteroatoms. The Morgan fingerprint density at radius 1 is 1.23 bits per heavy atom. The Balaban J connectivity index is 0.00000193. The van der Waals surface area contributed by atoms with Crippen LogP contribution in [0.1, 0.15) is 32.5 Å². The number of pyridine rings is 1. The van der Waals surface area contributed by atoms with Gasteiger partial charge in [0, 0.05) is 14.1 Å². The molecule has 0 atom stereocenters. The summed E-state index contributed by atoms with van der Waals surface area (Å²) in [4.78, 5) is 16.8. The summed E-state index contributed by atoms with van der Waals surface area (Å²) in [5.74, 6) is 0.241. The van der Waals surface area contributed by atoms with Gasteiger partial charge in [-0.3, -0.25) is 4.79 Å². The van der Waals surface area contributed by atoms with Gasteiger partial charge in [0.25, 0.3) is 5.91 Å². The number of ether oxygens (including phenoxy) is 1. The Labute approximate surface area is 181 Å². The molecule has 0 bridgehead atoms. The molecule has 1 aliphatic rings. The highest BCUT2D eigenvalue weighted by atomic mass is 19.1. The number of halogens is 1. The van der Waals surface area contributed by atoms with Gasteiger partial charge in [0.2, 0.25) is 0 Å². The van der Waals surface area contributed by atoms with Crippen LogP contribution in [0.2, 0.25) is 0 Å². The molecular formula is C23H26FN5O2. The average Bonchev–Trinajstić information content (AvgIpc) is 2.74. The Kier molecular flexibility index (Phi) is 5.88. The summed E-state index contributed by atoms with van der Waals surface area (Å²) in [5, 5.41) is 5.98. The van der Waals surface area contributed by atoms with Gasteiger partial charge in [-0.2, -0.15) is 5.11 Å². The first kappa shape index (κ1) is 20.5. The van der Waals surface area contributed by atoms with Crippen LogP contribution in [0.15, 0.2) is 59.7 Å². The standard InChI is InChI=1S/C23H22FN5O2.2H2/c24-19-9-4-15(20-10-11-21(29-26)22(25)28-20)12-18(19)23(30)27-16-5-7-17(8-6-16)31-13-14-2-1-3-14;;/h4-12,14,26H,1-3,13H2,(H2,25,28)(H,27,30);2*1H. The highest BCUT2D eigenvalue weighted by Crippen LogP contribution is 2.28. The molecule has 0 aliphatic heterocycles. The normalized spacial score (nSPS) is 13.3. The van der Waals surface area contributed by atoms with Crippen molar-refractivity contribution < 1.29 is 16.8 Å². The second-order valence-electron chi connectivity index (χ2n) is 7.49. The fourth-order valence-electron chi connectivity index (χ4n) is 3.29. The molecule has 0 radical (unpaired) electrons. The molecule has 31 heavy (non-hydrogen) atoms. The first-order chi connectivity index (χ1) is 15.0. The van der Waals surface area contributed by atoms with Gasteiger partial charge >= 0.3 is 0 Å². The van der Waals surface area contributed by atoms with Crippen molar-refractivity contribution in [2.75, 3.05) is 17.7 Å². The molecule has 3 aromatic rings. The fraction of sp³-hybridized carbons (Fsp3) is 0.217. The number of nitrogens with two attached hydrogens (primary N) is 1. The topological polar surface area (TPSA) is 113 Å². The van der Waals surface area contributed by atoms with E-state index in [1.54, 1.807) is 36.4 Å². The molecule has 162 valence electrons. The van der Waals surface area contributed by atoms with Gasteiger partial charge in [-0.05, 0) is 73.4 Å². The minimum Gasteiger partial charge on any atom is -0.493 e. The van der Waals surface area contributed by atoms with E-state index < -0.39 is 11.7 Å². The van der Waals surface area contributed by atoms with Crippen molar-refractivity contribution in [3.8, 4) is 17.0 Å². The van der Waals surface area contributed by atoms with Crippen molar-refractivity contribution >= 4 is 23.1 Å². The number of nitrogen functional groups attached to an aromatic ring is 1. The molecule has 7 nitrogen and oxygen atoms in total. The number of rotatable bonds is 7. The van der Waals surface area contributed by atoms with Crippen LogP contribution in [0, 0.1) is 17.3 Å². The molecule has 2 aromatic carbocycles. The number of nitrogens with zero attached hydrogens (tertiary/aromatic N) is 2. The zero-order valence-corrected chi connectivity index (χ0v) is 16.8. The second kappa shape index (κ2) is 8.91. The lowest BCUT2D eigenvalue weighted by Crippen LogP contribution is -2.19. The summed E-state index contributed by atoms with van der Waals surface area (Å²) < 4.78 is 20.1. The van der Waals surface area contributed by atoms with E-state index in [4.69, 9.17) is 16.0 Å². The molecule has 1 fully saturated rings. The van der Waals surface area contributed by atoms with Gasteiger partial charge in [0.15, 0.2) is 5.82 Å². The lowest BCUT2D eigenvalue weighted by atomic mass is 9.86. The third-order valence-electron chi connectivity index (χ3n) is 5.35. The number of hydrogen-bond donors (Lipinski definition) is 3. The lowest BCUT2D eigenvalue weighted by Gasteiger charge is -2.25. The maximum atomic E-state index is 14.3. The van der Waals surface area contributed by atoms with Crippen molar-refractivity contribution in [2.24, 2.45) is 11.0 Å². The van der Waals surface area contributed by atoms with Crippen molar-refractivity contribution in [3.63, 3.8) is 0 Å². The SMILES string of the molecule is N=Nc1ccc(-c2ccc(F)c(C(=O)Nc3ccc(OCC4CCC4)cc3)c2)nc1N.[HH].[HH]. The lowest BCUT2D eigenvalue weighted by molar-refractivity contribution is 0.102. The number of nitrogens with one attached hydrogen (secondary N) is 2. The number of carbonyl (C=O) groups is 1. The smallest absolute Gasteiger partial charge is 0.258 e. The zero-order chi connectivity index (χ0) is 21.8. The number of benzene rings is 2. The Morgan fingerprint density at radius 2 is 2.00 bits per heavy atom. The van der Waals surface area contributed by atoms with Crippen molar-refractivity contribution in [2.45, 2.75) is 19.3 Å². The number of anilines is 2. The first-order valence-electron chi connectivity index (χ1n) is 10.0. The van der Waals surface area contributed by atoms with Gasteiger partial charge in [-0.1, -0.05) is 6.42 Å². The summed E-state index contributed by atoms with van der Waals surface area (Å²) >= 11 is 0. The zero-order valence-electron chi connectivity index (χ0n) is 16.8. The predicted octanol–water partition coefficient (Wildman–Crippen LogP) is 6.06. The van der Waals surface area contributed by atoms with E-state index in [1.165, 1.54) is 37.5 Å². The minimum absolute atomic E-state index is 0. The highest BCUT2D eigenvalue weighted by Gasteiger charge is 2.18. The molecule has 1 aromatic heterocycles. The maximum Gasteiger partial charge on any atom is 0.258 e. The van der Waals surface area contributed by atoms with Crippen molar-refractivity contribution in [1.82, 2.24) is 4.98 Å². The second-order valence-corrected chi connectivity index (χ2v) is 7.49. The quantitative estimate of drug-likeness (QED) is 0.401. The monoisotopic (exact) mass is 423 g/mol. The molecule has 1 saturated carbocycles. The highest BCUT2D eigenvalue weighted by molar-refractivity contribution is 6.05. The largest absolute Gasteiger partial charge is 0.493 e. The summed E-state index contributed by atoms with van der Waals surface area (Å²) in [7, 11) is 0. The number of aromatic nitrogens is 1. The number of amides is 1. The van der Waals surface area contributed by atoms with Gasteiger partial charge in [0.1, 0.15) is 17.3 Å². The van der Waals surface area contributed by atoms with Gasteiger partial charge in [0.05, 0.1) is 17.9 Å². The van der Waals surface area contributed by atoms with Crippen LogP contribution in [0.3, 0.4) is 0 Å². The molecule has 0 unspecified atom stereocenters. The minimum atomic E-state index is -0.646. The van der Waals surface area contributed by atoms with E-state index in [2.05, 4.69) is 15.4 Å². The summed E-state index contributed by atoms with van der Waals surface area (Å²) in [6.07, 6.45) is 3.70. The summed E-state index contributed by atoms with van der Waals surface area (Å²) in [5.41, 5.74) is 14.5. The van der Waals surface area contributed by atoms with Crippen LogP contribution in [0.5, 0.6) is 5.75 Å². The molecule has 0 saturated heterocycles. The molecule has 4 rings (SSSR count). The molecule has 1 aliphatic carbocycles. The predicted molar refractivity (Wildman–Crippen MR) is 120 cm³/mol. The molecule has 4 N–H and O–H groups in total. The van der Waals surface area contributed by atoms with E-state index in [1.807, 2.05) is 0 Å². The van der Waals surface area contributed by atoms with Crippen molar-refractivity contribution in [1.29, 1.82) is 5.53 Å². The fourth-order valence-corrected chi connectivity index (χ4v) is 3.29. The van der Waals surface area contributed by atoms with Gasteiger partial charge in [-0.15, -0.1) is 0 Å². The van der Waals surface area contributed by atoms with Crippen LogP contribution in [-0.4, -0.2) is 17.5 Å². The van der Waals surface area contributed by atoms with E-state index in [0.29, 0.717) is 29.5 Å². The maximum absolute atomic E-state index is 14.3. The average molecular weight is 423 g/mol. The Morgan fingerprint density at radius 3 is 2.65 bits per heavy atom. The van der Waals surface area contributed by atoms with Crippen LogP contribution in [0.4, 0.5) is 21.6 Å². The summed E-state index contributed by atoms with van der Waals surface area (Å²) in [6.45, 7) is 0.707. The Bertz CT molecular complexity index is 1120. The number of carbonyl (C=O) groups excluding carboxylic acids is 1. The van der Waals surface area contributed by atoms with Crippen LogP contribution in [-0.2, 0) is 0 Å². The van der Waals surface area contributed by atoms with Gasteiger partial charge in [-0.25, -0.2) is 14.9 Å². The van der Waals surface area contributed by atoms with E-state index in [0.717, 1.165) is 5.75 Å². The Hall–Kier alpha value is -3.81. The van der Waals surface area contributed by atoms with E-state index in [9.17, 15) is 9.18 Å². The van der Waals surface area contributed by atoms with Crippen molar-refractivity contribution in [3.05, 3.63) is 66.0 Å². The van der Waals surface area contributed by atoms with Crippen LogP contribution < -0.4 is 15.8 Å². The van der Waals surface area contributed by atoms with Crippen LogP contribution >= 0.6 is 0 Å². The van der Waals surface area contributed by atoms with E-state index in [-0.39, 0.29) is 19.9 Å². The third kappa shape index (κ3) is 4.69. The van der Waals surface area contributed by atoms with Gasteiger partial charge < -0.3 is 15.8 Å². The molecule has 1 heterocycles. The van der Waals surface area contributed by atoms with E-state index >= 15 is 0 Å². The molecular weight excluding hydrogens is 397 g/mol. The van der Waals surface area contributed by atoms with Crippen LogP contribution in [0.25, 0.3) is 11.3 Å². The first-order valence-corrected chi connectivity index (χ1v) is 10.0. The third-order valence-corrected chi connectivity index (χ3v) is 5.35. The number of hydrogen-bond acceptors (Lipinski definition) is 6.